The lowest BCUT2D eigenvalue weighted by atomic mass is 9.76. The Morgan fingerprint density at radius 3 is 2.84 bits per heavy atom. The number of hydrogen-bond donors (Lipinski definition) is 1. The third kappa shape index (κ3) is 3.69. The number of aromatic nitrogens is 3. The lowest BCUT2D eigenvalue weighted by Crippen LogP contribution is -2.40. The third-order valence-electron chi connectivity index (χ3n) is 6.17. The molecule has 1 N–H and O–H groups in total. The number of hydrogen-bond acceptors (Lipinski definition) is 4. The van der Waals surface area contributed by atoms with Crippen LogP contribution in [0.4, 0.5) is 4.39 Å². The minimum Gasteiger partial charge on any atom is -0.361 e. The van der Waals surface area contributed by atoms with Crippen molar-refractivity contribution < 1.29 is 13.7 Å². The Morgan fingerprint density at radius 2 is 2.13 bits per heavy atom. The number of amides is 1. The maximum atomic E-state index is 14.9. The Labute approximate surface area is 179 Å². The predicted octanol–water partition coefficient (Wildman–Crippen LogP) is 4.70. The van der Waals surface area contributed by atoms with Gasteiger partial charge in [-0.15, -0.1) is 0 Å². The molecule has 0 radical (unpaired) electrons. The summed E-state index contributed by atoms with van der Waals surface area (Å²) in [6.45, 7) is 5.96. The maximum Gasteiger partial charge on any atom is 0.230 e. The largest absolute Gasteiger partial charge is 0.361 e. The molecule has 1 saturated carbocycles. The molecule has 0 bridgehead atoms. The number of nitrogens with zero attached hydrogens (tertiary/aromatic N) is 3. The van der Waals surface area contributed by atoms with Crippen LogP contribution in [0, 0.1) is 12.3 Å². The van der Waals surface area contributed by atoms with E-state index in [4.69, 9.17) is 4.52 Å². The van der Waals surface area contributed by atoms with Gasteiger partial charge in [0, 0.05) is 23.9 Å². The molecule has 5 rings (SSSR count). The normalized spacial score (nSPS) is 21.5. The summed E-state index contributed by atoms with van der Waals surface area (Å²) >= 11 is 0. The van der Waals surface area contributed by atoms with Crippen LogP contribution in [0.5, 0.6) is 0 Å². The molecule has 1 atom stereocenters. The van der Waals surface area contributed by atoms with E-state index in [0.29, 0.717) is 12.1 Å². The van der Waals surface area contributed by atoms with E-state index in [1.165, 1.54) is 0 Å². The maximum absolute atomic E-state index is 14.9. The van der Waals surface area contributed by atoms with Gasteiger partial charge < -0.3 is 9.84 Å². The van der Waals surface area contributed by atoms with Crippen LogP contribution in [0.1, 0.15) is 50.1 Å². The second-order valence-corrected chi connectivity index (χ2v) is 8.93. The van der Waals surface area contributed by atoms with Crippen LogP contribution in [0.3, 0.4) is 0 Å². The second kappa shape index (κ2) is 7.18. The number of rotatable bonds is 5. The molecule has 0 saturated heterocycles. The smallest absolute Gasteiger partial charge is 0.230 e. The highest BCUT2D eigenvalue weighted by atomic mass is 19.1. The zero-order chi connectivity index (χ0) is 21.8. The van der Waals surface area contributed by atoms with Gasteiger partial charge in [-0.2, -0.15) is 5.10 Å². The molecule has 2 aliphatic carbocycles. The summed E-state index contributed by atoms with van der Waals surface area (Å²) in [4.78, 5) is 12.8. The average molecular weight is 420 g/mol. The van der Waals surface area contributed by atoms with E-state index < -0.39 is 5.41 Å². The number of carbonyl (C=O) groups excluding carboxylic acids is 1. The number of aryl methyl sites for hydroxylation is 1. The van der Waals surface area contributed by atoms with Crippen LogP contribution >= 0.6 is 0 Å². The van der Waals surface area contributed by atoms with Gasteiger partial charge >= 0.3 is 0 Å². The Balaban J connectivity index is 1.48. The third-order valence-corrected chi connectivity index (χ3v) is 6.17. The van der Waals surface area contributed by atoms with Crippen LogP contribution in [0.25, 0.3) is 16.5 Å². The summed E-state index contributed by atoms with van der Waals surface area (Å²) in [5.41, 5.74) is 3.09. The van der Waals surface area contributed by atoms with E-state index in [-0.39, 0.29) is 24.2 Å². The Morgan fingerprint density at radius 1 is 1.32 bits per heavy atom. The average Bonchev–Trinajstić information content (AvgIpc) is 3.32. The molecular weight excluding hydrogens is 395 g/mol. The first-order valence-electron chi connectivity index (χ1n) is 10.6. The molecule has 2 aliphatic rings. The van der Waals surface area contributed by atoms with Crippen molar-refractivity contribution in [2.75, 3.05) is 0 Å². The summed E-state index contributed by atoms with van der Waals surface area (Å²) in [6.07, 6.45) is 5.82. The molecule has 2 heterocycles. The molecule has 160 valence electrons. The fourth-order valence-corrected chi connectivity index (χ4v) is 4.13. The SMILES string of the molecule is CC1=C(F)CC(C)(C(=O)NC2CC2)C=C1c1ccc2c(cnn2Cc2cc(C)on2)c1. The van der Waals surface area contributed by atoms with E-state index in [1.54, 1.807) is 13.1 Å². The van der Waals surface area contributed by atoms with Crippen LogP contribution < -0.4 is 5.32 Å². The van der Waals surface area contributed by atoms with E-state index in [9.17, 15) is 9.18 Å². The highest BCUT2D eigenvalue weighted by molar-refractivity contribution is 5.93. The lowest BCUT2D eigenvalue weighted by Gasteiger charge is -2.30. The van der Waals surface area contributed by atoms with Crippen LogP contribution in [0.2, 0.25) is 0 Å². The fourth-order valence-electron chi connectivity index (χ4n) is 4.13. The highest BCUT2D eigenvalue weighted by Gasteiger charge is 2.39. The molecule has 1 aromatic carbocycles. The summed E-state index contributed by atoms with van der Waals surface area (Å²) in [5, 5.41) is 12.5. The van der Waals surface area contributed by atoms with Gasteiger partial charge in [-0.1, -0.05) is 17.3 Å². The number of allylic oxidation sites excluding steroid dienone is 3. The van der Waals surface area contributed by atoms with Gasteiger partial charge in [-0.25, -0.2) is 4.39 Å². The minimum atomic E-state index is -0.897. The molecule has 1 unspecified atom stereocenters. The molecule has 7 heteroatoms. The van der Waals surface area contributed by atoms with Crippen molar-refractivity contribution in [3.63, 3.8) is 0 Å². The number of fused-ring (bicyclic) bond motifs is 1. The molecule has 1 fully saturated rings. The summed E-state index contributed by atoms with van der Waals surface area (Å²) < 4.78 is 21.9. The molecule has 2 aromatic heterocycles. The van der Waals surface area contributed by atoms with Crippen molar-refractivity contribution in [3.8, 4) is 0 Å². The first-order valence-corrected chi connectivity index (χ1v) is 10.6. The summed E-state index contributed by atoms with van der Waals surface area (Å²) in [6, 6.07) is 8.07. The van der Waals surface area contributed by atoms with Crippen molar-refractivity contribution >= 4 is 22.4 Å². The van der Waals surface area contributed by atoms with Gasteiger partial charge in [-0.05, 0) is 62.5 Å². The quantitative estimate of drug-likeness (QED) is 0.650. The molecule has 3 aromatic rings. The molecule has 0 spiro atoms. The zero-order valence-corrected chi connectivity index (χ0v) is 17.9. The number of benzene rings is 1. The van der Waals surface area contributed by atoms with Crippen LogP contribution in [-0.2, 0) is 11.3 Å². The van der Waals surface area contributed by atoms with E-state index in [0.717, 1.165) is 46.3 Å². The van der Waals surface area contributed by atoms with Gasteiger partial charge in [0.15, 0.2) is 0 Å². The molecular formula is C24H25FN4O2. The second-order valence-electron chi connectivity index (χ2n) is 8.93. The van der Waals surface area contributed by atoms with Gasteiger partial charge in [-0.3, -0.25) is 9.48 Å². The Kier molecular flexibility index (Phi) is 4.57. The predicted molar refractivity (Wildman–Crippen MR) is 116 cm³/mol. The van der Waals surface area contributed by atoms with Crippen molar-refractivity contribution in [3.05, 3.63) is 65.0 Å². The van der Waals surface area contributed by atoms with Crippen molar-refractivity contribution in [1.82, 2.24) is 20.3 Å². The Hall–Kier alpha value is -3.22. The van der Waals surface area contributed by atoms with Gasteiger partial charge in [0.2, 0.25) is 5.91 Å². The number of nitrogens with one attached hydrogen (secondary N) is 1. The van der Waals surface area contributed by atoms with Crippen LogP contribution in [0.15, 0.2) is 52.5 Å². The van der Waals surface area contributed by atoms with Crippen molar-refractivity contribution in [2.45, 2.75) is 52.6 Å². The van der Waals surface area contributed by atoms with Gasteiger partial charge in [0.25, 0.3) is 0 Å². The molecule has 6 nitrogen and oxygen atoms in total. The zero-order valence-electron chi connectivity index (χ0n) is 17.9. The lowest BCUT2D eigenvalue weighted by molar-refractivity contribution is -0.128. The highest BCUT2D eigenvalue weighted by Crippen LogP contribution is 2.43. The molecule has 0 aliphatic heterocycles. The van der Waals surface area contributed by atoms with Crippen molar-refractivity contribution in [1.29, 1.82) is 0 Å². The van der Waals surface area contributed by atoms with Crippen molar-refractivity contribution in [2.24, 2.45) is 5.41 Å². The van der Waals surface area contributed by atoms with Crippen LogP contribution in [-0.4, -0.2) is 26.9 Å². The minimum absolute atomic E-state index is 0.0954. The first kappa shape index (κ1) is 19.7. The molecule has 31 heavy (non-hydrogen) atoms. The topological polar surface area (TPSA) is 73.0 Å². The summed E-state index contributed by atoms with van der Waals surface area (Å²) in [7, 11) is 0. The van der Waals surface area contributed by atoms with Gasteiger partial charge in [0.1, 0.15) is 17.3 Å². The Bertz CT molecular complexity index is 1250. The molecule has 1 amide bonds. The standard InChI is InChI=1S/C24H25FN4O2/c1-14-8-19(28-31-14)13-29-22-7-4-16(9-17(22)12-26-29)20-10-24(3,11-21(25)15(20)2)23(30)27-18-5-6-18/h4,7-10,12,18H,5-6,11,13H2,1-3H3,(H,27,30). The monoisotopic (exact) mass is 420 g/mol. The first-order chi connectivity index (χ1) is 14.8. The van der Waals surface area contributed by atoms with E-state index in [2.05, 4.69) is 15.6 Å². The summed E-state index contributed by atoms with van der Waals surface area (Å²) in [5.74, 6) is 0.422. The van der Waals surface area contributed by atoms with E-state index >= 15 is 0 Å². The number of carbonyl (C=O) groups is 1. The van der Waals surface area contributed by atoms with E-state index in [1.807, 2.05) is 48.9 Å². The van der Waals surface area contributed by atoms with Gasteiger partial charge in [0.05, 0.1) is 23.7 Å². The number of halogens is 1. The fraction of sp³-hybridized carbons (Fsp3) is 0.375.